The van der Waals surface area contributed by atoms with E-state index in [0.717, 1.165) is 34.3 Å². The molecule has 0 unspecified atom stereocenters. The number of anilines is 4. The number of fused-ring (bicyclic) bond motifs is 2. The summed E-state index contributed by atoms with van der Waals surface area (Å²) in [6.07, 6.45) is -0.0972. The zero-order valence-corrected chi connectivity index (χ0v) is 33.5. The molecule has 1 aromatic heterocycles. The minimum Gasteiger partial charge on any atom is -0.747 e. The Bertz CT molecular complexity index is 2030. The van der Waals surface area contributed by atoms with E-state index >= 15 is 0 Å². The fourth-order valence-electron chi connectivity index (χ4n) is 5.87. The molecular weight excluding hydrogens is 720 g/mol. The van der Waals surface area contributed by atoms with Crippen LogP contribution in [0.15, 0.2) is 87.4 Å². The van der Waals surface area contributed by atoms with Crippen molar-refractivity contribution in [3.63, 3.8) is 0 Å². The monoisotopic (exact) mass is 760 g/mol. The largest absolute Gasteiger partial charge is 1.00 e. The Morgan fingerprint density at radius 1 is 1.00 bits per heavy atom. The molecule has 1 fully saturated rings. The van der Waals surface area contributed by atoms with Crippen molar-refractivity contribution in [3.8, 4) is 5.69 Å². The van der Waals surface area contributed by atoms with Gasteiger partial charge in [0.15, 0.2) is 0 Å². The molecule has 0 radical (unpaired) electrons. The van der Waals surface area contributed by atoms with Crippen molar-refractivity contribution < 1.29 is 61.6 Å². The van der Waals surface area contributed by atoms with Crippen molar-refractivity contribution in [1.82, 2.24) is 14.3 Å². The van der Waals surface area contributed by atoms with Crippen LogP contribution in [0.4, 0.5) is 27.5 Å². The summed E-state index contributed by atoms with van der Waals surface area (Å²) >= 11 is 1.62. The predicted octanol–water partition coefficient (Wildman–Crippen LogP) is 1.53. The standard InChI is InChI=1S/C22H25N3O4S.C13H17N3O4S.Na/c1-2-29-22(27)23-16-7-8-20-18(15-16)25(17-5-3-4-6-19(17)30-20)21(26)9-10-24-11-13-28-14-12-24;1-10-12(14(2)9-21(18,19)20)13(17)16(15(10)3)11-7-5-4-6-8-11;/h3-8,15H,2,9-14H2,1H3,(H,23,27);4-8H,9H2,1-3H3,(H,18,19,20);/q;;+1/p-1. The number of nitrogens with one attached hydrogen (secondary N) is 1. The van der Waals surface area contributed by atoms with Crippen LogP contribution >= 0.6 is 11.8 Å². The molecule has 4 aromatic rings. The molecule has 1 saturated heterocycles. The van der Waals surface area contributed by atoms with Gasteiger partial charge in [-0.3, -0.25) is 29.4 Å². The van der Waals surface area contributed by atoms with Crippen molar-refractivity contribution in [2.45, 2.75) is 30.1 Å². The van der Waals surface area contributed by atoms with Gasteiger partial charge in [0.25, 0.3) is 5.56 Å². The fourth-order valence-corrected chi connectivity index (χ4v) is 7.51. The average molecular weight is 761 g/mol. The molecule has 6 rings (SSSR count). The first kappa shape index (κ1) is 41.2. The Morgan fingerprint density at radius 3 is 2.33 bits per heavy atom. The van der Waals surface area contributed by atoms with Crippen LogP contribution in [0.25, 0.3) is 5.69 Å². The Hall–Kier alpha value is -3.61. The first-order valence-electron chi connectivity index (χ1n) is 16.3. The van der Waals surface area contributed by atoms with E-state index in [1.54, 1.807) is 66.5 Å². The van der Waals surface area contributed by atoms with Crippen molar-refractivity contribution in [2.75, 3.05) is 67.5 Å². The maximum Gasteiger partial charge on any atom is 1.00 e. The zero-order chi connectivity index (χ0) is 36.7. The first-order valence-corrected chi connectivity index (χ1v) is 18.7. The molecule has 3 heterocycles. The van der Waals surface area contributed by atoms with E-state index in [0.29, 0.717) is 49.9 Å². The molecule has 3 aromatic carbocycles. The zero-order valence-electron chi connectivity index (χ0n) is 29.9. The quantitative estimate of drug-likeness (QED) is 0.195. The molecule has 0 spiro atoms. The Morgan fingerprint density at radius 2 is 1.65 bits per heavy atom. The smallest absolute Gasteiger partial charge is 0.747 e. The van der Waals surface area contributed by atoms with E-state index in [4.69, 9.17) is 9.47 Å². The number of para-hydroxylation sites is 2. The first-order chi connectivity index (χ1) is 24.4. The van der Waals surface area contributed by atoms with Crippen molar-refractivity contribution in [1.29, 1.82) is 0 Å². The molecule has 52 heavy (non-hydrogen) atoms. The number of hydrogen-bond donors (Lipinski definition) is 1. The number of carbonyl (C=O) groups excluding carboxylic acids is 2. The molecule has 272 valence electrons. The molecule has 2 amide bonds. The number of aromatic nitrogens is 2. The third-order valence-corrected chi connectivity index (χ3v) is 10.1. The number of hydrogen-bond acceptors (Lipinski definition) is 11. The molecule has 2 aliphatic rings. The number of rotatable bonds is 9. The summed E-state index contributed by atoms with van der Waals surface area (Å²) in [6.45, 7) is 7.58. The van der Waals surface area contributed by atoms with Crippen LogP contribution in [0.2, 0.25) is 0 Å². The van der Waals surface area contributed by atoms with Crippen molar-refractivity contribution in [2.24, 2.45) is 7.05 Å². The molecule has 14 nitrogen and oxygen atoms in total. The SMILES string of the molecule is CCOC(=O)Nc1ccc2c(c1)N(C(=O)CCN1CCOCC1)c1ccccc1S2.Cc1c(N(C)CS(=O)(=O)[O-])c(=O)n(-c2ccccc2)n1C.[Na+]. The second kappa shape index (κ2) is 18.4. The summed E-state index contributed by atoms with van der Waals surface area (Å²) in [5, 5.41) is 2.73. The van der Waals surface area contributed by atoms with E-state index < -0.39 is 22.1 Å². The molecule has 2 aliphatic heterocycles. The van der Waals surface area contributed by atoms with Gasteiger partial charge in [-0.05, 0) is 56.3 Å². The molecule has 1 N–H and O–H groups in total. The Balaban J connectivity index is 0.000000243. The molecular formula is C35H41N6NaO8S2. The number of carbonyl (C=O) groups is 2. The van der Waals surface area contributed by atoms with Crippen LogP contribution in [-0.2, 0) is 31.4 Å². The molecule has 0 atom stereocenters. The number of benzene rings is 3. The predicted molar refractivity (Wildman–Crippen MR) is 195 cm³/mol. The van der Waals surface area contributed by atoms with E-state index in [2.05, 4.69) is 10.2 Å². The third kappa shape index (κ3) is 10.1. The van der Waals surface area contributed by atoms with Crippen LogP contribution in [0, 0.1) is 6.92 Å². The van der Waals surface area contributed by atoms with Crippen LogP contribution in [0.5, 0.6) is 0 Å². The van der Waals surface area contributed by atoms with Gasteiger partial charge in [-0.1, -0.05) is 42.1 Å². The number of amides is 2. The summed E-state index contributed by atoms with van der Waals surface area (Å²) in [7, 11) is -1.34. The van der Waals surface area contributed by atoms with Crippen LogP contribution in [0.3, 0.4) is 0 Å². The fraction of sp³-hybridized carbons (Fsp3) is 0.343. The van der Waals surface area contributed by atoms with Gasteiger partial charge >= 0.3 is 35.7 Å². The third-order valence-electron chi connectivity index (χ3n) is 8.30. The van der Waals surface area contributed by atoms with Crippen LogP contribution < -0.4 is 50.2 Å². The van der Waals surface area contributed by atoms with Crippen LogP contribution in [-0.4, -0.2) is 91.6 Å². The number of morpholine rings is 1. The minimum atomic E-state index is -4.45. The van der Waals surface area contributed by atoms with Gasteiger partial charge in [0, 0.05) is 55.6 Å². The molecule has 0 aliphatic carbocycles. The maximum atomic E-state index is 13.3. The van der Waals surface area contributed by atoms with Gasteiger partial charge in [0.1, 0.15) is 21.7 Å². The topological polar surface area (TPSA) is 158 Å². The molecule has 0 bridgehead atoms. The van der Waals surface area contributed by atoms with Gasteiger partial charge in [-0.25, -0.2) is 17.9 Å². The van der Waals surface area contributed by atoms with E-state index in [1.807, 2.05) is 48.5 Å². The summed E-state index contributed by atoms with van der Waals surface area (Å²) < 4.78 is 46.1. The second-order valence-corrected chi connectivity index (χ2v) is 14.3. The van der Waals surface area contributed by atoms with Gasteiger partial charge < -0.3 is 18.9 Å². The van der Waals surface area contributed by atoms with Gasteiger partial charge in [-0.2, -0.15) is 0 Å². The average Bonchev–Trinajstić information content (AvgIpc) is 3.33. The summed E-state index contributed by atoms with van der Waals surface area (Å²) in [5.74, 6) is -0.717. The second-order valence-electron chi connectivity index (χ2n) is 11.8. The molecule has 0 saturated carbocycles. The summed E-state index contributed by atoms with van der Waals surface area (Å²) in [5.41, 5.74) is 3.31. The van der Waals surface area contributed by atoms with Crippen molar-refractivity contribution in [3.05, 3.63) is 88.8 Å². The van der Waals surface area contributed by atoms with Crippen LogP contribution in [0.1, 0.15) is 19.0 Å². The van der Waals surface area contributed by atoms with Crippen molar-refractivity contribution >= 4 is 56.6 Å². The Kier molecular flexibility index (Phi) is 14.6. The maximum absolute atomic E-state index is 13.3. The molecule has 17 heteroatoms. The number of ether oxygens (including phenoxy) is 2. The van der Waals surface area contributed by atoms with E-state index in [1.165, 1.54) is 16.6 Å². The summed E-state index contributed by atoms with van der Waals surface area (Å²) in [4.78, 5) is 44.9. The van der Waals surface area contributed by atoms with E-state index in [9.17, 15) is 27.4 Å². The van der Waals surface area contributed by atoms with Gasteiger partial charge in [-0.15, -0.1) is 0 Å². The normalized spacial score (nSPS) is 13.8. The number of nitrogens with zero attached hydrogens (tertiary/aromatic N) is 5. The Labute approximate surface area is 329 Å². The van der Waals surface area contributed by atoms with Gasteiger partial charge in [0.05, 0.1) is 42.6 Å². The minimum absolute atomic E-state index is 0. The van der Waals surface area contributed by atoms with Gasteiger partial charge in [0.2, 0.25) is 5.91 Å². The van der Waals surface area contributed by atoms with E-state index in [-0.39, 0.29) is 46.7 Å². The summed E-state index contributed by atoms with van der Waals surface area (Å²) in [6, 6.07) is 22.5.